The number of ether oxygens (including phenoxy) is 3. The van der Waals surface area contributed by atoms with Gasteiger partial charge in [-0.2, -0.15) is 0 Å². The number of hydrogen-bond acceptors (Lipinski definition) is 6. The highest BCUT2D eigenvalue weighted by Crippen LogP contribution is 2.35. The lowest BCUT2D eigenvalue weighted by Gasteiger charge is -2.29. The first-order chi connectivity index (χ1) is 13.8. The summed E-state index contributed by atoms with van der Waals surface area (Å²) in [4.78, 5) is 12.9. The van der Waals surface area contributed by atoms with Crippen molar-refractivity contribution in [2.75, 3.05) is 35.7 Å². The molecule has 0 saturated heterocycles. The molecule has 1 heterocycles. The molecule has 2 aromatic carbocycles. The van der Waals surface area contributed by atoms with Crippen molar-refractivity contribution >= 4 is 27.3 Å². The Hall–Kier alpha value is -2.94. The third kappa shape index (κ3) is 4.73. The molecule has 0 radical (unpaired) electrons. The molecule has 2 aromatic rings. The zero-order valence-electron chi connectivity index (χ0n) is 16.5. The van der Waals surface area contributed by atoms with Gasteiger partial charge in [-0.25, -0.2) is 8.42 Å². The van der Waals surface area contributed by atoms with Crippen LogP contribution in [-0.2, 0) is 14.8 Å². The fourth-order valence-corrected chi connectivity index (χ4v) is 4.23. The summed E-state index contributed by atoms with van der Waals surface area (Å²) >= 11 is 0. The van der Waals surface area contributed by atoms with Gasteiger partial charge in [-0.3, -0.25) is 9.10 Å². The molecule has 9 heteroatoms. The lowest BCUT2D eigenvalue weighted by Crippen LogP contribution is -2.45. The first-order valence-electron chi connectivity index (χ1n) is 9.23. The Morgan fingerprint density at radius 2 is 1.86 bits per heavy atom. The molecule has 1 N–H and O–H groups in total. The maximum atomic E-state index is 12.9. The molecule has 0 spiro atoms. The van der Waals surface area contributed by atoms with Gasteiger partial charge < -0.3 is 19.5 Å². The molecule has 0 saturated carbocycles. The van der Waals surface area contributed by atoms with Gasteiger partial charge in [0.2, 0.25) is 15.9 Å². The molecule has 29 heavy (non-hydrogen) atoms. The highest BCUT2D eigenvalue weighted by Gasteiger charge is 2.30. The summed E-state index contributed by atoms with van der Waals surface area (Å²) in [6, 6.07) is 10.8. The predicted molar refractivity (Wildman–Crippen MR) is 110 cm³/mol. The van der Waals surface area contributed by atoms with Gasteiger partial charge in [-0.1, -0.05) is 12.1 Å². The number of benzene rings is 2. The Morgan fingerprint density at radius 3 is 2.55 bits per heavy atom. The standard InChI is InChI=1S/C20H24N2O6S/c1-4-26-17-8-6-5-7-16(17)21-20(23)14(2)22(29(3,24)25)15-9-10-18-19(13-15)28-12-11-27-18/h5-10,13-14H,4,11-12H2,1-3H3,(H,21,23). The van der Waals surface area contributed by atoms with Crippen LogP contribution in [0.4, 0.5) is 11.4 Å². The number of nitrogens with one attached hydrogen (secondary N) is 1. The molecule has 1 aliphatic heterocycles. The lowest BCUT2D eigenvalue weighted by atomic mass is 10.2. The van der Waals surface area contributed by atoms with Crippen LogP contribution in [0.25, 0.3) is 0 Å². The molecular formula is C20H24N2O6S. The summed E-state index contributed by atoms with van der Waals surface area (Å²) in [6.07, 6.45) is 1.06. The van der Waals surface area contributed by atoms with Crippen LogP contribution in [0.1, 0.15) is 13.8 Å². The van der Waals surface area contributed by atoms with Crippen molar-refractivity contribution in [2.45, 2.75) is 19.9 Å². The maximum Gasteiger partial charge on any atom is 0.248 e. The largest absolute Gasteiger partial charge is 0.492 e. The zero-order chi connectivity index (χ0) is 21.0. The van der Waals surface area contributed by atoms with Crippen LogP contribution in [0, 0.1) is 0 Å². The van der Waals surface area contributed by atoms with Gasteiger partial charge in [0.15, 0.2) is 11.5 Å². The first kappa shape index (κ1) is 20.8. The van der Waals surface area contributed by atoms with Crippen molar-refractivity contribution in [1.29, 1.82) is 0 Å². The Labute approximate surface area is 170 Å². The molecule has 0 aromatic heterocycles. The van der Waals surface area contributed by atoms with Gasteiger partial charge in [0.25, 0.3) is 0 Å². The fourth-order valence-electron chi connectivity index (χ4n) is 3.07. The maximum absolute atomic E-state index is 12.9. The molecule has 0 aliphatic carbocycles. The highest BCUT2D eigenvalue weighted by molar-refractivity contribution is 7.92. The van der Waals surface area contributed by atoms with Crippen molar-refractivity contribution in [3.63, 3.8) is 0 Å². The summed E-state index contributed by atoms with van der Waals surface area (Å²) in [5.74, 6) is 1.01. The topological polar surface area (TPSA) is 94.2 Å². The minimum absolute atomic E-state index is 0.317. The van der Waals surface area contributed by atoms with Crippen molar-refractivity contribution in [3.05, 3.63) is 42.5 Å². The minimum Gasteiger partial charge on any atom is -0.492 e. The minimum atomic E-state index is -3.76. The van der Waals surface area contributed by atoms with Crippen LogP contribution in [-0.4, -0.2) is 46.4 Å². The van der Waals surface area contributed by atoms with Crippen LogP contribution >= 0.6 is 0 Å². The van der Waals surface area contributed by atoms with Gasteiger partial charge in [-0.15, -0.1) is 0 Å². The fraction of sp³-hybridized carbons (Fsp3) is 0.350. The van der Waals surface area contributed by atoms with Gasteiger partial charge in [-0.05, 0) is 38.1 Å². The second kappa shape index (κ2) is 8.60. The summed E-state index contributed by atoms with van der Waals surface area (Å²) in [5, 5.41) is 2.75. The number of amides is 1. The molecule has 1 atom stereocenters. The zero-order valence-corrected chi connectivity index (χ0v) is 17.4. The summed E-state index contributed by atoms with van der Waals surface area (Å²) in [5.41, 5.74) is 0.791. The average Bonchev–Trinajstić information content (AvgIpc) is 2.68. The van der Waals surface area contributed by atoms with Gasteiger partial charge in [0.05, 0.1) is 24.2 Å². The summed E-state index contributed by atoms with van der Waals surface area (Å²) in [7, 11) is -3.76. The average molecular weight is 420 g/mol. The molecular weight excluding hydrogens is 396 g/mol. The number of hydrogen-bond donors (Lipinski definition) is 1. The second-order valence-electron chi connectivity index (χ2n) is 6.48. The number of rotatable bonds is 7. The Bertz CT molecular complexity index is 992. The normalized spacial score (nSPS) is 14.0. The van der Waals surface area contributed by atoms with E-state index in [1.807, 2.05) is 6.92 Å². The number of fused-ring (bicyclic) bond motifs is 1. The van der Waals surface area contributed by atoms with E-state index in [0.717, 1.165) is 10.6 Å². The molecule has 156 valence electrons. The molecule has 3 rings (SSSR count). The molecule has 1 unspecified atom stereocenters. The molecule has 1 aliphatic rings. The van der Waals surface area contributed by atoms with Crippen LogP contribution < -0.4 is 23.8 Å². The van der Waals surface area contributed by atoms with Crippen LogP contribution in [0.5, 0.6) is 17.2 Å². The van der Waals surface area contributed by atoms with E-state index >= 15 is 0 Å². The highest BCUT2D eigenvalue weighted by atomic mass is 32.2. The van der Waals surface area contributed by atoms with Gasteiger partial charge >= 0.3 is 0 Å². The summed E-state index contributed by atoms with van der Waals surface area (Å²) in [6.45, 7) is 4.61. The molecule has 0 bridgehead atoms. The summed E-state index contributed by atoms with van der Waals surface area (Å²) < 4.78 is 42.6. The van der Waals surface area contributed by atoms with E-state index in [2.05, 4.69) is 5.32 Å². The predicted octanol–water partition coefficient (Wildman–Crippen LogP) is 2.65. The Morgan fingerprint density at radius 1 is 1.17 bits per heavy atom. The van der Waals surface area contributed by atoms with E-state index in [-0.39, 0.29) is 0 Å². The molecule has 8 nitrogen and oxygen atoms in total. The van der Waals surface area contributed by atoms with Crippen LogP contribution in [0.2, 0.25) is 0 Å². The monoisotopic (exact) mass is 420 g/mol. The SMILES string of the molecule is CCOc1ccccc1NC(=O)C(C)N(c1ccc2c(c1)OCCO2)S(C)(=O)=O. The molecule has 0 fully saturated rings. The van der Waals surface area contributed by atoms with Crippen LogP contribution in [0.15, 0.2) is 42.5 Å². The second-order valence-corrected chi connectivity index (χ2v) is 8.34. The van der Waals surface area contributed by atoms with Crippen LogP contribution in [0.3, 0.4) is 0 Å². The van der Waals surface area contributed by atoms with Crippen molar-refractivity contribution in [2.24, 2.45) is 0 Å². The Balaban J connectivity index is 1.89. The van der Waals surface area contributed by atoms with Gasteiger partial charge in [0, 0.05) is 6.07 Å². The van der Waals surface area contributed by atoms with E-state index in [9.17, 15) is 13.2 Å². The molecule has 1 amide bonds. The van der Waals surface area contributed by atoms with E-state index in [0.29, 0.717) is 48.4 Å². The number of carbonyl (C=O) groups is 1. The number of carbonyl (C=O) groups excluding carboxylic acids is 1. The third-order valence-corrected chi connectivity index (χ3v) is 5.56. The number of anilines is 2. The van der Waals surface area contributed by atoms with E-state index < -0.39 is 22.0 Å². The lowest BCUT2D eigenvalue weighted by molar-refractivity contribution is -0.116. The first-order valence-corrected chi connectivity index (χ1v) is 11.1. The van der Waals surface area contributed by atoms with E-state index in [4.69, 9.17) is 14.2 Å². The number of sulfonamides is 1. The Kier molecular flexibility index (Phi) is 6.17. The smallest absolute Gasteiger partial charge is 0.248 e. The van der Waals surface area contributed by atoms with E-state index in [1.54, 1.807) is 42.5 Å². The van der Waals surface area contributed by atoms with Crippen molar-refractivity contribution in [1.82, 2.24) is 0 Å². The third-order valence-electron chi connectivity index (χ3n) is 4.31. The van der Waals surface area contributed by atoms with Crippen molar-refractivity contribution < 1.29 is 27.4 Å². The number of nitrogens with zero attached hydrogens (tertiary/aromatic N) is 1. The van der Waals surface area contributed by atoms with E-state index in [1.165, 1.54) is 6.92 Å². The van der Waals surface area contributed by atoms with Crippen molar-refractivity contribution in [3.8, 4) is 17.2 Å². The van der Waals surface area contributed by atoms with Gasteiger partial charge in [0.1, 0.15) is 25.0 Å². The number of para-hydroxylation sites is 2. The quantitative estimate of drug-likeness (QED) is 0.740.